The number of non-ortho nitro benzene ring substituents is 1. The van der Waals surface area contributed by atoms with Crippen LogP contribution in [0.3, 0.4) is 0 Å². The second kappa shape index (κ2) is 8.13. The molecule has 3 rings (SSSR count). The Labute approximate surface area is 160 Å². The molecule has 0 aliphatic carbocycles. The van der Waals surface area contributed by atoms with Crippen molar-refractivity contribution in [3.05, 3.63) is 75.3 Å². The minimum atomic E-state index is -0.458. The first-order valence-electron chi connectivity index (χ1n) is 8.33. The van der Waals surface area contributed by atoms with Crippen LogP contribution < -0.4 is 0 Å². The molecular formula is C19H18N4O3S. The molecule has 1 heterocycles. The van der Waals surface area contributed by atoms with Crippen molar-refractivity contribution in [1.82, 2.24) is 4.90 Å². The standard InChI is InChI=1S/C19H18N4O3S/c1-13-6-3-4-8-16(13)12-22-18(24)14(2)27-19(22)21-20-11-15-7-5-9-17(10-15)23(25)26/h3-11,14H,12H2,1-2H3. The highest BCUT2D eigenvalue weighted by atomic mass is 32.2. The maximum Gasteiger partial charge on any atom is 0.270 e. The number of nitro benzene ring substituents is 1. The van der Waals surface area contributed by atoms with E-state index in [1.807, 2.05) is 38.1 Å². The van der Waals surface area contributed by atoms with Crippen LogP contribution in [-0.2, 0) is 11.3 Å². The molecular weight excluding hydrogens is 364 g/mol. The lowest BCUT2D eigenvalue weighted by atomic mass is 10.1. The fourth-order valence-electron chi connectivity index (χ4n) is 2.63. The number of amides is 1. The molecule has 0 spiro atoms. The molecule has 8 heteroatoms. The van der Waals surface area contributed by atoms with Crippen molar-refractivity contribution in [2.24, 2.45) is 10.2 Å². The van der Waals surface area contributed by atoms with E-state index in [9.17, 15) is 14.9 Å². The summed E-state index contributed by atoms with van der Waals surface area (Å²) in [6.07, 6.45) is 1.44. The van der Waals surface area contributed by atoms with E-state index < -0.39 is 4.92 Å². The number of nitro groups is 1. The average Bonchev–Trinajstić information content (AvgIpc) is 2.91. The summed E-state index contributed by atoms with van der Waals surface area (Å²) in [7, 11) is 0. The van der Waals surface area contributed by atoms with Crippen molar-refractivity contribution in [2.45, 2.75) is 25.6 Å². The summed E-state index contributed by atoms with van der Waals surface area (Å²) in [6, 6.07) is 14.0. The van der Waals surface area contributed by atoms with E-state index in [0.717, 1.165) is 11.1 Å². The molecule has 1 saturated heterocycles. The molecule has 0 saturated carbocycles. The minimum Gasteiger partial charge on any atom is -0.284 e. The lowest BCUT2D eigenvalue weighted by Gasteiger charge is -2.16. The van der Waals surface area contributed by atoms with Crippen LogP contribution in [0.1, 0.15) is 23.6 Å². The molecule has 1 aliphatic rings. The van der Waals surface area contributed by atoms with Crippen LogP contribution in [0.2, 0.25) is 0 Å². The maximum absolute atomic E-state index is 12.5. The normalized spacial score (nSPS) is 18.6. The Kier molecular flexibility index (Phi) is 5.66. The molecule has 1 amide bonds. The first kappa shape index (κ1) is 18.8. The number of thioether (sulfide) groups is 1. The van der Waals surface area contributed by atoms with E-state index in [-0.39, 0.29) is 16.8 Å². The van der Waals surface area contributed by atoms with Crippen molar-refractivity contribution in [3.8, 4) is 0 Å². The van der Waals surface area contributed by atoms with E-state index in [2.05, 4.69) is 10.2 Å². The van der Waals surface area contributed by atoms with Gasteiger partial charge >= 0.3 is 0 Å². The van der Waals surface area contributed by atoms with Crippen LogP contribution in [0, 0.1) is 17.0 Å². The molecule has 0 bridgehead atoms. The highest BCUT2D eigenvalue weighted by Gasteiger charge is 2.35. The zero-order valence-electron chi connectivity index (χ0n) is 14.9. The number of hydrogen-bond acceptors (Lipinski definition) is 6. The van der Waals surface area contributed by atoms with E-state index in [1.165, 1.54) is 30.1 Å². The van der Waals surface area contributed by atoms with Crippen LogP contribution in [0.15, 0.2) is 58.7 Å². The third kappa shape index (κ3) is 4.40. The second-order valence-electron chi connectivity index (χ2n) is 6.09. The number of nitrogens with zero attached hydrogens (tertiary/aromatic N) is 4. The van der Waals surface area contributed by atoms with Crippen molar-refractivity contribution in [1.29, 1.82) is 0 Å². The number of rotatable bonds is 5. The highest BCUT2D eigenvalue weighted by molar-refractivity contribution is 8.15. The van der Waals surface area contributed by atoms with Gasteiger partial charge in [-0.05, 0) is 25.0 Å². The molecule has 0 radical (unpaired) electrons. The van der Waals surface area contributed by atoms with Crippen molar-refractivity contribution in [3.63, 3.8) is 0 Å². The molecule has 1 aliphatic heterocycles. The summed E-state index contributed by atoms with van der Waals surface area (Å²) in [5.41, 5.74) is 2.72. The Morgan fingerprint density at radius 3 is 2.78 bits per heavy atom. The van der Waals surface area contributed by atoms with E-state index in [0.29, 0.717) is 17.3 Å². The number of amidine groups is 1. The summed E-state index contributed by atoms with van der Waals surface area (Å²) in [4.78, 5) is 24.5. The monoisotopic (exact) mass is 382 g/mol. The molecule has 1 atom stereocenters. The number of hydrogen-bond donors (Lipinski definition) is 0. The van der Waals surface area contributed by atoms with Gasteiger partial charge in [0, 0.05) is 17.7 Å². The average molecular weight is 382 g/mol. The number of aryl methyl sites for hydroxylation is 1. The second-order valence-corrected chi connectivity index (χ2v) is 7.40. The Bertz CT molecular complexity index is 942. The lowest BCUT2D eigenvalue weighted by Crippen LogP contribution is -2.31. The van der Waals surface area contributed by atoms with Gasteiger partial charge in [0.1, 0.15) is 0 Å². The van der Waals surface area contributed by atoms with Crippen molar-refractivity contribution >= 4 is 34.7 Å². The maximum atomic E-state index is 12.5. The molecule has 2 aromatic carbocycles. The molecule has 138 valence electrons. The Morgan fingerprint density at radius 2 is 2.04 bits per heavy atom. The van der Waals surface area contributed by atoms with Gasteiger partial charge in [-0.3, -0.25) is 19.8 Å². The predicted octanol–water partition coefficient (Wildman–Crippen LogP) is 3.76. The van der Waals surface area contributed by atoms with Gasteiger partial charge in [0.2, 0.25) is 5.91 Å². The SMILES string of the molecule is Cc1ccccc1CN1C(=O)C(C)SC1=NN=Cc1cccc([N+](=O)[O-])c1. The number of carbonyl (C=O) groups is 1. The molecule has 1 unspecified atom stereocenters. The summed E-state index contributed by atoms with van der Waals surface area (Å²) >= 11 is 1.35. The molecule has 27 heavy (non-hydrogen) atoms. The molecule has 1 fully saturated rings. The lowest BCUT2D eigenvalue weighted by molar-refractivity contribution is -0.384. The summed E-state index contributed by atoms with van der Waals surface area (Å²) < 4.78 is 0. The fourth-order valence-corrected chi connectivity index (χ4v) is 3.55. The largest absolute Gasteiger partial charge is 0.284 e. The number of benzene rings is 2. The van der Waals surface area contributed by atoms with Gasteiger partial charge in [-0.1, -0.05) is 48.2 Å². The van der Waals surface area contributed by atoms with Crippen molar-refractivity contribution < 1.29 is 9.72 Å². The van der Waals surface area contributed by atoms with Gasteiger partial charge in [0.05, 0.1) is 22.9 Å². The summed E-state index contributed by atoms with van der Waals surface area (Å²) in [5.74, 6) is -0.00690. The molecule has 0 aromatic heterocycles. The smallest absolute Gasteiger partial charge is 0.270 e. The van der Waals surface area contributed by atoms with Gasteiger partial charge in [-0.15, -0.1) is 5.10 Å². The number of carbonyl (C=O) groups excluding carboxylic acids is 1. The van der Waals surface area contributed by atoms with E-state index >= 15 is 0 Å². The topological polar surface area (TPSA) is 88.2 Å². The Hall–Kier alpha value is -3.00. The van der Waals surface area contributed by atoms with Crippen LogP contribution in [-0.4, -0.2) is 32.4 Å². The Balaban J connectivity index is 1.81. The van der Waals surface area contributed by atoms with Gasteiger partial charge in [-0.2, -0.15) is 5.10 Å². The zero-order valence-corrected chi connectivity index (χ0v) is 15.7. The van der Waals surface area contributed by atoms with Gasteiger partial charge in [-0.25, -0.2) is 0 Å². The highest BCUT2D eigenvalue weighted by Crippen LogP contribution is 2.29. The van der Waals surface area contributed by atoms with Crippen LogP contribution in [0.4, 0.5) is 5.69 Å². The predicted molar refractivity (Wildman–Crippen MR) is 107 cm³/mol. The first-order chi connectivity index (χ1) is 13.0. The van der Waals surface area contributed by atoms with Crippen molar-refractivity contribution in [2.75, 3.05) is 0 Å². The van der Waals surface area contributed by atoms with Crippen LogP contribution >= 0.6 is 11.8 Å². The zero-order chi connectivity index (χ0) is 19.4. The molecule has 0 N–H and O–H groups in total. The van der Waals surface area contributed by atoms with Gasteiger partial charge < -0.3 is 0 Å². The van der Waals surface area contributed by atoms with Crippen LogP contribution in [0.25, 0.3) is 0 Å². The quantitative estimate of drug-likeness (QED) is 0.447. The Morgan fingerprint density at radius 1 is 1.26 bits per heavy atom. The fraction of sp³-hybridized carbons (Fsp3) is 0.211. The molecule has 2 aromatic rings. The van der Waals surface area contributed by atoms with E-state index in [1.54, 1.807) is 17.0 Å². The first-order valence-corrected chi connectivity index (χ1v) is 9.21. The summed E-state index contributed by atoms with van der Waals surface area (Å²) in [5, 5.41) is 19.4. The minimum absolute atomic E-state index is 0.00690. The third-order valence-corrected chi connectivity index (χ3v) is 5.22. The third-order valence-electron chi connectivity index (χ3n) is 4.15. The van der Waals surface area contributed by atoms with E-state index in [4.69, 9.17) is 0 Å². The van der Waals surface area contributed by atoms with Gasteiger partial charge in [0.15, 0.2) is 5.17 Å². The molecule has 7 nitrogen and oxygen atoms in total. The summed E-state index contributed by atoms with van der Waals surface area (Å²) in [6.45, 7) is 4.28. The van der Waals surface area contributed by atoms with Crippen LogP contribution in [0.5, 0.6) is 0 Å². The van der Waals surface area contributed by atoms with Gasteiger partial charge in [0.25, 0.3) is 5.69 Å².